The number of nitrogen functional groups attached to an aromatic ring is 1. The second kappa shape index (κ2) is 12.2. The van der Waals surface area contributed by atoms with Crippen LogP contribution in [0.3, 0.4) is 0 Å². The summed E-state index contributed by atoms with van der Waals surface area (Å²) in [5.41, 5.74) is 11.5. The van der Waals surface area contributed by atoms with Gasteiger partial charge < -0.3 is 10.3 Å². The highest BCUT2D eigenvalue weighted by atomic mass is 32.1. The van der Waals surface area contributed by atoms with Crippen molar-refractivity contribution in [3.8, 4) is 6.07 Å². The van der Waals surface area contributed by atoms with Crippen molar-refractivity contribution >= 4 is 43.9 Å². The molecule has 3 N–H and O–H groups in total. The Morgan fingerprint density at radius 1 is 0.767 bits per heavy atom. The van der Waals surface area contributed by atoms with Gasteiger partial charge in [-0.05, 0) is 70.3 Å². The Kier molecular flexibility index (Phi) is 7.88. The maximum atomic E-state index is 9.36. The lowest BCUT2D eigenvalue weighted by molar-refractivity contribution is 0.974. The van der Waals surface area contributed by atoms with Crippen molar-refractivity contribution in [2.75, 3.05) is 10.3 Å². The fourth-order valence-electron chi connectivity index (χ4n) is 5.38. The lowest BCUT2D eigenvalue weighted by Crippen LogP contribution is -2.13. The van der Waals surface area contributed by atoms with Crippen molar-refractivity contribution in [1.29, 1.82) is 5.26 Å². The molecule has 5 heteroatoms. The third-order valence-corrected chi connectivity index (χ3v) is 8.83. The monoisotopic (exact) mass is 574 g/mol. The molecular weight excluding hydrogens is 545 g/mol. The van der Waals surface area contributed by atoms with Crippen LogP contribution in [-0.4, -0.2) is 0 Å². The topological polar surface area (TPSA) is 65.1 Å². The average molecular weight is 575 g/mol. The summed E-state index contributed by atoms with van der Waals surface area (Å²) in [6.07, 6.45) is 12.3. The number of nitrogens with zero attached hydrogens (tertiary/aromatic N) is 2. The van der Waals surface area contributed by atoms with E-state index in [1.807, 2.05) is 66.8 Å². The number of benzene rings is 4. The van der Waals surface area contributed by atoms with Crippen LogP contribution < -0.4 is 16.2 Å². The number of thiophene rings is 1. The highest BCUT2D eigenvalue weighted by Crippen LogP contribution is 2.44. The third-order valence-electron chi connectivity index (χ3n) is 7.65. The molecular formula is C38H30N4S. The summed E-state index contributed by atoms with van der Waals surface area (Å²) in [6.45, 7) is 8.38. The van der Waals surface area contributed by atoms with E-state index in [1.165, 1.54) is 10.1 Å². The molecule has 1 atom stereocenters. The second-order valence-corrected chi connectivity index (χ2v) is 11.3. The van der Waals surface area contributed by atoms with Crippen LogP contribution in [0.4, 0.5) is 16.4 Å². The van der Waals surface area contributed by atoms with E-state index in [2.05, 4.69) is 96.4 Å². The smallest absolute Gasteiger partial charge is 0.108 e. The van der Waals surface area contributed by atoms with Gasteiger partial charge in [-0.15, -0.1) is 11.3 Å². The van der Waals surface area contributed by atoms with Crippen molar-refractivity contribution in [2.45, 2.75) is 5.92 Å². The maximum absolute atomic E-state index is 9.36. The van der Waals surface area contributed by atoms with Crippen LogP contribution in [0.1, 0.15) is 33.7 Å². The Morgan fingerprint density at radius 2 is 1.44 bits per heavy atom. The van der Waals surface area contributed by atoms with Gasteiger partial charge >= 0.3 is 0 Å². The number of hydrogen-bond acceptors (Lipinski definition) is 5. The molecule has 1 aliphatic heterocycles. The maximum Gasteiger partial charge on any atom is 0.108 e. The Hall–Kier alpha value is -5.41. The van der Waals surface area contributed by atoms with E-state index in [0.29, 0.717) is 5.56 Å². The third kappa shape index (κ3) is 5.58. The van der Waals surface area contributed by atoms with Crippen molar-refractivity contribution in [3.05, 3.63) is 180 Å². The molecule has 0 saturated carbocycles. The lowest BCUT2D eigenvalue weighted by Gasteiger charge is -2.24. The molecule has 1 aromatic heterocycles. The number of fused-ring (bicyclic) bond motifs is 3. The molecule has 4 aromatic carbocycles. The molecule has 5 aromatic rings. The van der Waals surface area contributed by atoms with Crippen LogP contribution in [0, 0.1) is 11.3 Å². The van der Waals surface area contributed by atoms with Gasteiger partial charge in [0.25, 0.3) is 0 Å². The molecule has 4 nitrogen and oxygen atoms in total. The number of para-hydroxylation sites is 1. The first kappa shape index (κ1) is 27.7. The second-order valence-electron chi connectivity index (χ2n) is 10.3. The summed E-state index contributed by atoms with van der Waals surface area (Å²) in [4.78, 5) is 2.24. The number of nitrogens with one attached hydrogen (secondary N) is 1. The van der Waals surface area contributed by atoms with E-state index in [0.717, 1.165) is 49.8 Å². The summed E-state index contributed by atoms with van der Waals surface area (Å²) in [6, 6.07) is 35.2. The highest BCUT2D eigenvalue weighted by molar-refractivity contribution is 7.23. The molecule has 0 fully saturated rings. The number of rotatable bonds is 5. The van der Waals surface area contributed by atoms with Gasteiger partial charge in [0.15, 0.2) is 0 Å². The van der Waals surface area contributed by atoms with E-state index < -0.39 is 0 Å². The molecule has 0 spiro atoms. The van der Waals surface area contributed by atoms with E-state index >= 15 is 0 Å². The van der Waals surface area contributed by atoms with E-state index in [4.69, 9.17) is 5.84 Å². The predicted octanol–water partition coefficient (Wildman–Crippen LogP) is 9.59. The molecule has 6 rings (SSSR count). The van der Waals surface area contributed by atoms with Gasteiger partial charge in [0, 0.05) is 33.5 Å². The van der Waals surface area contributed by atoms with E-state index in [9.17, 15) is 5.26 Å². The summed E-state index contributed by atoms with van der Waals surface area (Å²) < 4.78 is 1.22. The zero-order valence-electron chi connectivity index (χ0n) is 23.6. The summed E-state index contributed by atoms with van der Waals surface area (Å²) >= 11 is 1.76. The first-order valence-electron chi connectivity index (χ1n) is 13.9. The van der Waals surface area contributed by atoms with Crippen molar-refractivity contribution < 1.29 is 0 Å². The molecule has 1 unspecified atom stereocenters. The number of hydrazine groups is 1. The largest absolute Gasteiger partial charge is 0.324 e. The molecule has 0 amide bonds. The molecule has 0 aliphatic carbocycles. The zero-order chi connectivity index (χ0) is 29.8. The van der Waals surface area contributed by atoms with E-state index in [-0.39, 0.29) is 5.92 Å². The Morgan fingerprint density at radius 3 is 2.19 bits per heavy atom. The van der Waals surface area contributed by atoms with Crippen LogP contribution in [-0.2, 0) is 0 Å². The SMILES string of the molecule is C=C1/C=C\C=C/N(c2ccc(C(c3ccc(C#N)cc3)c3ccccc3NN)cc2)c2sc3ccccc3c2/C=C\C1=C. The first-order chi connectivity index (χ1) is 21.1. The van der Waals surface area contributed by atoms with Crippen LogP contribution in [0.5, 0.6) is 0 Å². The molecule has 0 bridgehead atoms. The van der Waals surface area contributed by atoms with Crippen molar-refractivity contribution in [3.63, 3.8) is 0 Å². The van der Waals surface area contributed by atoms with Crippen LogP contribution in [0.2, 0.25) is 0 Å². The molecule has 0 radical (unpaired) electrons. The number of hydrogen-bond donors (Lipinski definition) is 2. The quantitative estimate of drug-likeness (QED) is 0.125. The van der Waals surface area contributed by atoms with Gasteiger partial charge in [-0.1, -0.05) is 98.1 Å². The minimum atomic E-state index is -0.0880. The minimum absolute atomic E-state index is 0.0880. The van der Waals surface area contributed by atoms with Crippen molar-refractivity contribution in [2.24, 2.45) is 5.84 Å². The Balaban J connectivity index is 1.47. The normalized spacial score (nSPS) is 16.0. The molecule has 43 heavy (non-hydrogen) atoms. The summed E-state index contributed by atoms with van der Waals surface area (Å²) in [5.74, 6) is 5.85. The standard InChI is InChI=1S/C38H30N4S/c1-26-9-7-8-24-42(38-33(23-14-27(26)2)32-10-4-6-13-36(32)43-38)31-21-19-30(20-22-31)37(29-17-15-28(25-39)16-18-29)34-11-3-5-12-35(34)41-40/h3-24,37,41H,1-2,40H2/b9-7-,23-14-,24-8-. The van der Waals surface area contributed by atoms with Gasteiger partial charge in [0.1, 0.15) is 5.00 Å². The fraction of sp³-hybridized carbons (Fsp3) is 0.0263. The number of anilines is 3. The Labute approximate surface area is 256 Å². The summed E-state index contributed by atoms with van der Waals surface area (Å²) in [7, 11) is 0. The molecule has 0 saturated heterocycles. The van der Waals surface area contributed by atoms with E-state index in [1.54, 1.807) is 11.3 Å². The number of allylic oxidation sites excluding steroid dienone is 6. The Bertz CT molecular complexity index is 1950. The van der Waals surface area contributed by atoms with Gasteiger partial charge in [-0.3, -0.25) is 5.84 Å². The molecule has 208 valence electrons. The number of nitrogens with two attached hydrogens (primary N) is 1. The van der Waals surface area contributed by atoms with Crippen LogP contribution in [0.25, 0.3) is 16.2 Å². The summed E-state index contributed by atoms with van der Waals surface area (Å²) in [5, 5.41) is 11.7. The van der Waals surface area contributed by atoms with Crippen molar-refractivity contribution in [1.82, 2.24) is 0 Å². The highest BCUT2D eigenvalue weighted by Gasteiger charge is 2.21. The van der Waals surface area contributed by atoms with Gasteiger partial charge in [0.05, 0.1) is 17.3 Å². The predicted molar refractivity (Wildman–Crippen MR) is 182 cm³/mol. The van der Waals surface area contributed by atoms with Gasteiger partial charge in [-0.2, -0.15) is 5.26 Å². The fourth-order valence-corrected chi connectivity index (χ4v) is 6.57. The average Bonchev–Trinajstić information content (AvgIpc) is 3.41. The zero-order valence-corrected chi connectivity index (χ0v) is 24.4. The van der Waals surface area contributed by atoms with Crippen LogP contribution >= 0.6 is 11.3 Å². The van der Waals surface area contributed by atoms with Gasteiger partial charge in [-0.25, -0.2) is 0 Å². The van der Waals surface area contributed by atoms with Crippen LogP contribution in [0.15, 0.2) is 152 Å². The minimum Gasteiger partial charge on any atom is -0.324 e. The number of nitriles is 1. The lowest BCUT2D eigenvalue weighted by atomic mass is 9.84. The molecule has 1 aliphatic rings. The molecule has 2 heterocycles. The first-order valence-corrected chi connectivity index (χ1v) is 14.8. The van der Waals surface area contributed by atoms with Gasteiger partial charge in [0.2, 0.25) is 0 Å².